The first kappa shape index (κ1) is 14.8. The van der Waals surface area contributed by atoms with Crippen LogP contribution in [0.4, 0.5) is 0 Å². The minimum atomic E-state index is -0.248. The third kappa shape index (κ3) is 3.10. The summed E-state index contributed by atoms with van der Waals surface area (Å²) in [5, 5.41) is 0. The number of carbonyl (C=O) groups is 1. The second-order valence-corrected chi connectivity index (χ2v) is 6.07. The van der Waals surface area contributed by atoms with E-state index in [2.05, 4.69) is 0 Å². The summed E-state index contributed by atoms with van der Waals surface area (Å²) in [7, 11) is 0. The number of amides is 1. The van der Waals surface area contributed by atoms with E-state index in [1.165, 1.54) is 0 Å². The average Bonchev–Trinajstić information content (AvgIpc) is 2.57. The van der Waals surface area contributed by atoms with Crippen LogP contribution in [0.15, 0.2) is 24.3 Å². The molecule has 0 saturated carbocycles. The molecule has 1 aromatic rings. The summed E-state index contributed by atoms with van der Waals surface area (Å²) in [5.74, 6) is 0.672. The van der Waals surface area contributed by atoms with E-state index in [0.29, 0.717) is 36.0 Å². The first-order valence-corrected chi connectivity index (χ1v) is 7.13. The monoisotopic (exact) mass is 292 g/mol. The summed E-state index contributed by atoms with van der Waals surface area (Å²) in [5.41, 5.74) is 6.11. The number of thiocarbonyl (C=S) groups is 1. The van der Waals surface area contributed by atoms with Crippen molar-refractivity contribution in [2.75, 3.05) is 19.7 Å². The fourth-order valence-corrected chi connectivity index (χ4v) is 2.16. The van der Waals surface area contributed by atoms with Crippen molar-refractivity contribution in [2.24, 2.45) is 11.1 Å². The molecule has 1 amide bonds. The van der Waals surface area contributed by atoms with Crippen LogP contribution in [0.3, 0.4) is 0 Å². The molecule has 5 heteroatoms. The van der Waals surface area contributed by atoms with E-state index < -0.39 is 0 Å². The molecule has 1 aliphatic rings. The number of para-hydroxylation sites is 1. The van der Waals surface area contributed by atoms with Crippen molar-refractivity contribution >= 4 is 23.1 Å². The molecule has 2 N–H and O–H groups in total. The highest BCUT2D eigenvalue weighted by Gasteiger charge is 2.27. The summed E-state index contributed by atoms with van der Waals surface area (Å²) >= 11 is 5.07. The minimum absolute atomic E-state index is 0.0110. The highest BCUT2D eigenvalue weighted by molar-refractivity contribution is 7.80. The van der Waals surface area contributed by atoms with Crippen molar-refractivity contribution in [1.29, 1.82) is 0 Å². The van der Waals surface area contributed by atoms with Crippen LogP contribution in [-0.4, -0.2) is 35.5 Å². The van der Waals surface area contributed by atoms with Gasteiger partial charge >= 0.3 is 0 Å². The Morgan fingerprint density at radius 1 is 1.45 bits per heavy atom. The Balaban J connectivity index is 2.11. The van der Waals surface area contributed by atoms with E-state index >= 15 is 0 Å². The molecule has 0 aliphatic carbocycles. The SMILES string of the molecule is CC(C)(CCN1CCOc2ccccc2C1=O)C(N)=S. The minimum Gasteiger partial charge on any atom is -0.491 e. The van der Waals surface area contributed by atoms with Gasteiger partial charge in [0.05, 0.1) is 17.1 Å². The van der Waals surface area contributed by atoms with Gasteiger partial charge in [-0.2, -0.15) is 0 Å². The highest BCUT2D eigenvalue weighted by atomic mass is 32.1. The van der Waals surface area contributed by atoms with E-state index in [1.54, 1.807) is 6.07 Å². The molecule has 1 aliphatic heterocycles. The molecule has 0 saturated heterocycles. The summed E-state index contributed by atoms with van der Waals surface area (Å²) in [4.78, 5) is 14.8. The maximum atomic E-state index is 12.5. The van der Waals surface area contributed by atoms with Crippen LogP contribution in [0.1, 0.15) is 30.6 Å². The molecule has 2 rings (SSSR count). The molecule has 0 bridgehead atoms. The predicted octanol–water partition coefficient (Wildman–Crippen LogP) is 2.22. The summed E-state index contributed by atoms with van der Waals surface area (Å²) in [6.07, 6.45) is 0.746. The van der Waals surface area contributed by atoms with Gasteiger partial charge in [-0.1, -0.05) is 38.2 Å². The number of nitrogens with zero attached hydrogens (tertiary/aromatic N) is 1. The number of nitrogens with two attached hydrogens (primary N) is 1. The maximum Gasteiger partial charge on any atom is 0.257 e. The molecule has 0 fully saturated rings. The van der Waals surface area contributed by atoms with Crippen molar-refractivity contribution in [2.45, 2.75) is 20.3 Å². The first-order valence-electron chi connectivity index (χ1n) is 6.73. The van der Waals surface area contributed by atoms with Crippen molar-refractivity contribution in [3.05, 3.63) is 29.8 Å². The van der Waals surface area contributed by atoms with E-state index in [-0.39, 0.29) is 11.3 Å². The number of hydrogen-bond donors (Lipinski definition) is 1. The molecule has 1 aromatic carbocycles. The smallest absolute Gasteiger partial charge is 0.257 e. The van der Waals surface area contributed by atoms with Gasteiger partial charge in [0.15, 0.2) is 0 Å². The number of benzene rings is 1. The first-order chi connectivity index (χ1) is 9.42. The Bertz CT molecular complexity index is 528. The van der Waals surface area contributed by atoms with Gasteiger partial charge in [-0.25, -0.2) is 0 Å². The normalized spacial score (nSPS) is 15.3. The fraction of sp³-hybridized carbons (Fsp3) is 0.467. The molecule has 4 nitrogen and oxygen atoms in total. The van der Waals surface area contributed by atoms with Gasteiger partial charge in [0, 0.05) is 12.0 Å². The molecule has 1 heterocycles. The predicted molar refractivity (Wildman–Crippen MR) is 83.0 cm³/mol. The van der Waals surface area contributed by atoms with Gasteiger partial charge < -0.3 is 15.4 Å². The second kappa shape index (κ2) is 5.79. The molecule has 108 valence electrons. The maximum absolute atomic E-state index is 12.5. The lowest BCUT2D eigenvalue weighted by Crippen LogP contribution is -2.38. The van der Waals surface area contributed by atoms with Crippen LogP contribution in [0, 0.1) is 5.41 Å². The van der Waals surface area contributed by atoms with Crippen LogP contribution >= 0.6 is 12.2 Å². The van der Waals surface area contributed by atoms with E-state index in [4.69, 9.17) is 22.7 Å². The van der Waals surface area contributed by atoms with E-state index in [0.717, 1.165) is 6.42 Å². The Labute approximate surface area is 124 Å². The summed E-state index contributed by atoms with van der Waals surface area (Å²) in [6, 6.07) is 7.35. The zero-order chi connectivity index (χ0) is 14.8. The topological polar surface area (TPSA) is 55.6 Å². The van der Waals surface area contributed by atoms with Gasteiger partial charge in [-0.3, -0.25) is 4.79 Å². The lowest BCUT2D eigenvalue weighted by atomic mass is 9.89. The average molecular weight is 292 g/mol. The van der Waals surface area contributed by atoms with Crippen molar-refractivity contribution < 1.29 is 9.53 Å². The molecule has 20 heavy (non-hydrogen) atoms. The molecule has 0 atom stereocenters. The van der Waals surface area contributed by atoms with Gasteiger partial charge in [-0.15, -0.1) is 0 Å². The van der Waals surface area contributed by atoms with Crippen LogP contribution in [-0.2, 0) is 0 Å². The lowest BCUT2D eigenvalue weighted by molar-refractivity contribution is 0.0743. The highest BCUT2D eigenvalue weighted by Crippen LogP contribution is 2.25. The number of rotatable bonds is 4. The van der Waals surface area contributed by atoms with Gasteiger partial charge in [-0.05, 0) is 18.6 Å². The Morgan fingerprint density at radius 3 is 2.85 bits per heavy atom. The van der Waals surface area contributed by atoms with Crippen molar-refractivity contribution in [1.82, 2.24) is 4.90 Å². The molecular formula is C15H20N2O2S. The lowest BCUT2D eigenvalue weighted by Gasteiger charge is -2.27. The molecule has 0 spiro atoms. The third-order valence-corrected chi connectivity index (χ3v) is 4.25. The number of ether oxygens (including phenoxy) is 1. The van der Waals surface area contributed by atoms with Crippen LogP contribution in [0.25, 0.3) is 0 Å². The van der Waals surface area contributed by atoms with E-state index in [1.807, 2.05) is 36.9 Å². The standard InChI is InChI=1S/C15H20N2O2S/c1-15(2,14(16)20)7-8-17-9-10-19-12-6-4-3-5-11(12)13(17)18/h3-6H,7-10H2,1-2H3,(H2,16,20). The zero-order valence-electron chi connectivity index (χ0n) is 11.9. The molecular weight excluding hydrogens is 272 g/mol. The molecule has 0 unspecified atom stereocenters. The van der Waals surface area contributed by atoms with Gasteiger partial charge in [0.25, 0.3) is 5.91 Å². The zero-order valence-corrected chi connectivity index (χ0v) is 12.7. The van der Waals surface area contributed by atoms with Crippen LogP contribution in [0.2, 0.25) is 0 Å². The number of fused-ring (bicyclic) bond motifs is 1. The third-order valence-electron chi connectivity index (χ3n) is 3.70. The quantitative estimate of drug-likeness (QED) is 0.865. The largest absolute Gasteiger partial charge is 0.491 e. The van der Waals surface area contributed by atoms with E-state index in [9.17, 15) is 4.79 Å². The van der Waals surface area contributed by atoms with Gasteiger partial charge in [0.2, 0.25) is 0 Å². The molecule has 0 radical (unpaired) electrons. The van der Waals surface area contributed by atoms with Crippen LogP contribution in [0.5, 0.6) is 5.75 Å². The van der Waals surface area contributed by atoms with Crippen molar-refractivity contribution in [3.63, 3.8) is 0 Å². The molecule has 0 aromatic heterocycles. The van der Waals surface area contributed by atoms with Gasteiger partial charge in [0.1, 0.15) is 12.4 Å². The number of hydrogen-bond acceptors (Lipinski definition) is 3. The fourth-order valence-electron chi connectivity index (χ4n) is 2.06. The van der Waals surface area contributed by atoms with Crippen molar-refractivity contribution in [3.8, 4) is 5.75 Å². The van der Waals surface area contributed by atoms with Crippen LogP contribution < -0.4 is 10.5 Å². The Morgan fingerprint density at radius 2 is 2.15 bits per heavy atom. The Hall–Kier alpha value is -1.62. The summed E-state index contributed by atoms with van der Waals surface area (Å²) < 4.78 is 5.62. The summed E-state index contributed by atoms with van der Waals surface area (Å²) in [6.45, 7) is 5.72. The Kier molecular flexibility index (Phi) is 4.28. The second-order valence-electron chi connectivity index (χ2n) is 5.63. The number of carbonyl (C=O) groups excluding carboxylic acids is 1.